The van der Waals surface area contributed by atoms with E-state index < -0.39 is 0 Å². The van der Waals surface area contributed by atoms with E-state index in [1.807, 2.05) is 0 Å². The molecule has 0 atom stereocenters. The molecule has 1 nitrogen and oxygen atoms in total. The van der Waals surface area contributed by atoms with Gasteiger partial charge in [0.15, 0.2) is 0 Å². The van der Waals surface area contributed by atoms with E-state index in [1.165, 1.54) is 32.1 Å². The summed E-state index contributed by atoms with van der Waals surface area (Å²) in [6.07, 6.45) is 7.34. The Morgan fingerprint density at radius 1 is 1.00 bits per heavy atom. The van der Waals surface area contributed by atoms with E-state index in [9.17, 15) is 0 Å². The van der Waals surface area contributed by atoms with Crippen LogP contribution in [0, 0.1) is 17.8 Å². The van der Waals surface area contributed by atoms with Crippen LogP contribution in [-0.4, -0.2) is 6.54 Å². The van der Waals surface area contributed by atoms with Gasteiger partial charge in [-0.3, -0.25) is 0 Å². The van der Waals surface area contributed by atoms with Crippen molar-refractivity contribution < 1.29 is 0 Å². The summed E-state index contributed by atoms with van der Waals surface area (Å²) in [4.78, 5) is 0. The van der Waals surface area contributed by atoms with E-state index in [-0.39, 0.29) is 0 Å². The summed E-state index contributed by atoms with van der Waals surface area (Å²) in [7, 11) is 0. The summed E-state index contributed by atoms with van der Waals surface area (Å²) in [5.74, 6) is 3.19. The average Bonchev–Trinajstić information content (AvgIpc) is 2.50. The first kappa shape index (κ1) is 6.66. The average molecular weight is 139 g/mol. The molecule has 2 aliphatic rings. The van der Waals surface area contributed by atoms with Gasteiger partial charge in [-0.25, -0.2) is 0 Å². The second-order valence-corrected chi connectivity index (χ2v) is 3.92. The van der Waals surface area contributed by atoms with Crippen LogP contribution in [0.3, 0.4) is 0 Å². The minimum Gasteiger partial charge on any atom is -0.330 e. The molecule has 0 saturated heterocycles. The van der Waals surface area contributed by atoms with E-state index in [0.717, 1.165) is 24.3 Å². The molecule has 2 saturated carbocycles. The molecule has 0 radical (unpaired) electrons. The fourth-order valence-corrected chi connectivity index (χ4v) is 3.05. The van der Waals surface area contributed by atoms with Crippen molar-refractivity contribution in [3.63, 3.8) is 0 Å². The van der Waals surface area contributed by atoms with Gasteiger partial charge in [-0.1, -0.05) is 0 Å². The molecular weight excluding hydrogens is 122 g/mol. The van der Waals surface area contributed by atoms with E-state index in [2.05, 4.69) is 0 Å². The molecule has 0 aromatic rings. The molecule has 0 aliphatic heterocycles. The minimum absolute atomic E-state index is 0.914. The maximum absolute atomic E-state index is 5.56. The van der Waals surface area contributed by atoms with Gasteiger partial charge in [-0.15, -0.1) is 0 Å². The Balaban J connectivity index is 1.96. The first-order chi connectivity index (χ1) is 4.92. The van der Waals surface area contributed by atoms with Crippen molar-refractivity contribution in [3.8, 4) is 0 Å². The molecule has 0 aromatic carbocycles. The van der Waals surface area contributed by atoms with Crippen LogP contribution in [0.4, 0.5) is 0 Å². The van der Waals surface area contributed by atoms with Crippen molar-refractivity contribution in [1.29, 1.82) is 0 Å². The van der Waals surface area contributed by atoms with Gasteiger partial charge in [0.1, 0.15) is 0 Å². The number of hydrogen-bond acceptors (Lipinski definition) is 1. The first-order valence-electron chi connectivity index (χ1n) is 4.62. The molecule has 0 amide bonds. The van der Waals surface area contributed by atoms with Crippen molar-refractivity contribution >= 4 is 0 Å². The zero-order valence-corrected chi connectivity index (χ0v) is 6.55. The Bertz CT molecular complexity index is 102. The predicted molar refractivity (Wildman–Crippen MR) is 42.6 cm³/mol. The second-order valence-electron chi connectivity index (χ2n) is 3.92. The molecular formula is C9H17N. The number of rotatable bonds is 2. The number of hydrogen-bond donors (Lipinski definition) is 1. The van der Waals surface area contributed by atoms with Crippen LogP contribution in [0.25, 0.3) is 0 Å². The van der Waals surface area contributed by atoms with Crippen molar-refractivity contribution in [3.05, 3.63) is 0 Å². The molecule has 0 heterocycles. The van der Waals surface area contributed by atoms with Gasteiger partial charge in [0.05, 0.1) is 0 Å². The van der Waals surface area contributed by atoms with Crippen molar-refractivity contribution in [2.75, 3.05) is 6.54 Å². The summed E-state index contributed by atoms with van der Waals surface area (Å²) >= 11 is 0. The van der Waals surface area contributed by atoms with E-state index in [1.54, 1.807) is 0 Å². The Labute approximate surface area is 63.0 Å². The second kappa shape index (κ2) is 2.54. The fraction of sp³-hybridized carbons (Fsp3) is 1.00. The molecule has 0 spiro atoms. The monoisotopic (exact) mass is 139 g/mol. The topological polar surface area (TPSA) is 26.0 Å². The molecule has 2 rings (SSSR count). The fourth-order valence-electron chi connectivity index (χ4n) is 3.05. The van der Waals surface area contributed by atoms with Crippen LogP contribution >= 0.6 is 0 Å². The third-order valence-corrected chi connectivity index (χ3v) is 3.53. The Morgan fingerprint density at radius 3 is 1.90 bits per heavy atom. The highest BCUT2D eigenvalue weighted by Crippen LogP contribution is 2.50. The van der Waals surface area contributed by atoms with Gasteiger partial charge in [-0.05, 0) is 56.4 Å². The van der Waals surface area contributed by atoms with Gasteiger partial charge in [0.2, 0.25) is 0 Å². The zero-order valence-electron chi connectivity index (χ0n) is 6.55. The quantitative estimate of drug-likeness (QED) is 0.620. The van der Waals surface area contributed by atoms with E-state index in [0.29, 0.717) is 0 Å². The van der Waals surface area contributed by atoms with Crippen LogP contribution in [0.15, 0.2) is 0 Å². The molecule has 0 unspecified atom stereocenters. The maximum atomic E-state index is 5.56. The molecule has 10 heavy (non-hydrogen) atoms. The summed E-state index contributed by atoms with van der Waals surface area (Å²) < 4.78 is 0. The summed E-state index contributed by atoms with van der Waals surface area (Å²) in [6, 6.07) is 0. The van der Waals surface area contributed by atoms with Gasteiger partial charge in [0, 0.05) is 0 Å². The highest BCUT2D eigenvalue weighted by atomic mass is 14.6. The molecule has 2 bridgehead atoms. The lowest BCUT2D eigenvalue weighted by Gasteiger charge is -2.12. The predicted octanol–water partition coefficient (Wildman–Crippen LogP) is 1.77. The summed E-state index contributed by atoms with van der Waals surface area (Å²) in [5, 5.41) is 0. The first-order valence-corrected chi connectivity index (χ1v) is 4.62. The van der Waals surface area contributed by atoms with Gasteiger partial charge in [0.25, 0.3) is 0 Å². The normalized spacial score (nSPS) is 44.7. The third-order valence-electron chi connectivity index (χ3n) is 3.53. The Hall–Kier alpha value is -0.0400. The summed E-state index contributed by atoms with van der Waals surface area (Å²) in [5.41, 5.74) is 5.56. The van der Waals surface area contributed by atoms with Crippen molar-refractivity contribution in [2.45, 2.75) is 32.1 Å². The van der Waals surface area contributed by atoms with Crippen LogP contribution in [0.5, 0.6) is 0 Å². The smallest absolute Gasteiger partial charge is 0.00744 e. The maximum Gasteiger partial charge on any atom is -0.00744 e. The highest BCUT2D eigenvalue weighted by Gasteiger charge is 2.40. The van der Waals surface area contributed by atoms with Gasteiger partial charge < -0.3 is 5.73 Å². The minimum atomic E-state index is 0.914. The van der Waals surface area contributed by atoms with Crippen molar-refractivity contribution in [2.24, 2.45) is 23.5 Å². The molecule has 2 aliphatic carbocycles. The van der Waals surface area contributed by atoms with E-state index in [4.69, 9.17) is 5.73 Å². The SMILES string of the molecule is NCCC1C2CCC1CC2. The van der Waals surface area contributed by atoms with Crippen molar-refractivity contribution in [1.82, 2.24) is 0 Å². The Morgan fingerprint density at radius 2 is 1.50 bits per heavy atom. The molecule has 0 aromatic heterocycles. The lowest BCUT2D eigenvalue weighted by molar-refractivity contribution is 0.383. The lowest BCUT2D eigenvalue weighted by Crippen LogP contribution is -2.12. The van der Waals surface area contributed by atoms with Crippen LogP contribution in [0.1, 0.15) is 32.1 Å². The highest BCUT2D eigenvalue weighted by molar-refractivity contribution is 4.91. The number of fused-ring (bicyclic) bond motifs is 2. The van der Waals surface area contributed by atoms with Gasteiger partial charge >= 0.3 is 0 Å². The van der Waals surface area contributed by atoms with Crippen LogP contribution < -0.4 is 5.73 Å². The van der Waals surface area contributed by atoms with Crippen LogP contribution in [0.2, 0.25) is 0 Å². The van der Waals surface area contributed by atoms with E-state index >= 15 is 0 Å². The molecule has 1 heteroatoms. The molecule has 2 fully saturated rings. The van der Waals surface area contributed by atoms with Gasteiger partial charge in [-0.2, -0.15) is 0 Å². The van der Waals surface area contributed by atoms with Crippen LogP contribution in [-0.2, 0) is 0 Å². The number of nitrogens with two attached hydrogens (primary N) is 1. The molecule has 58 valence electrons. The largest absolute Gasteiger partial charge is 0.330 e. The summed E-state index contributed by atoms with van der Waals surface area (Å²) in [6.45, 7) is 0.914. The third kappa shape index (κ3) is 0.878. The lowest BCUT2D eigenvalue weighted by atomic mass is 9.94. The molecule has 2 N–H and O–H groups in total. The zero-order chi connectivity index (χ0) is 6.97. The standard InChI is InChI=1S/C9H17N/c10-6-5-9-7-1-2-8(9)4-3-7/h7-9H,1-6,10H2. The Kier molecular flexibility index (Phi) is 1.69.